The smallest absolute Gasteiger partial charge is 0.257 e. The fourth-order valence-electron chi connectivity index (χ4n) is 2.43. The maximum Gasteiger partial charge on any atom is 0.257 e. The van der Waals surface area contributed by atoms with Crippen LogP contribution in [-0.4, -0.2) is 5.91 Å². The third kappa shape index (κ3) is 2.34. The highest BCUT2D eigenvalue weighted by Gasteiger charge is 2.23. The van der Waals surface area contributed by atoms with Crippen molar-refractivity contribution in [2.75, 3.05) is 5.32 Å². The molecule has 0 fully saturated rings. The monoisotopic (exact) mass is 394 g/mol. The number of benzene rings is 1. The minimum Gasteiger partial charge on any atom is -0.312 e. The Morgan fingerprint density at radius 3 is 2.90 bits per heavy atom. The second kappa shape index (κ2) is 5.54. The Labute approximate surface area is 134 Å². The van der Waals surface area contributed by atoms with E-state index < -0.39 is 0 Å². The van der Waals surface area contributed by atoms with E-state index >= 15 is 0 Å². The minimum atomic E-state index is -0.147. The van der Waals surface area contributed by atoms with Crippen LogP contribution in [0.5, 0.6) is 0 Å². The van der Waals surface area contributed by atoms with Gasteiger partial charge in [-0.1, -0.05) is 12.1 Å². The lowest BCUT2D eigenvalue weighted by Crippen LogP contribution is -2.13. The van der Waals surface area contributed by atoms with Crippen molar-refractivity contribution in [3.63, 3.8) is 0 Å². The number of thiophene rings is 1. The molecule has 1 heterocycles. The SMILES string of the molecule is N#Cc1c(NC(=O)c2ccccc2I)sc2c1CCC2. The van der Waals surface area contributed by atoms with Gasteiger partial charge in [0.1, 0.15) is 11.1 Å². The zero-order chi connectivity index (χ0) is 14.1. The molecule has 0 atom stereocenters. The molecule has 0 aliphatic heterocycles. The predicted molar refractivity (Wildman–Crippen MR) is 88.2 cm³/mol. The molecule has 0 bridgehead atoms. The van der Waals surface area contributed by atoms with Crippen molar-refractivity contribution in [3.05, 3.63) is 49.4 Å². The summed E-state index contributed by atoms with van der Waals surface area (Å²) >= 11 is 3.69. The summed E-state index contributed by atoms with van der Waals surface area (Å²) in [7, 11) is 0. The highest BCUT2D eigenvalue weighted by Crippen LogP contribution is 2.38. The molecule has 2 aromatic rings. The van der Waals surface area contributed by atoms with Gasteiger partial charge < -0.3 is 5.32 Å². The quantitative estimate of drug-likeness (QED) is 0.784. The highest BCUT2D eigenvalue weighted by atomic mass is 127. The molecule has 0 unspecified atom stereocenters. The molecule has 1 aliphatic rings. The lowest BCUT2D eigenvalue weighted by atomic mass is 10.1. The number of hydrogen-bond acceptors (Lipinski definition) is 3. The number of amides is 1. The van der Waals surface area contributed by atoms with Crippen molar-refractivity contribution in [2.45, 2.75) is 19.3 Å². The molecule has 5 heteroatoms. The van der Waals surface area contributed by atoms with E-state index in [0.29, 0.717) is 16.1 Å². The molecule has 1 amide bonds. The number of fused-ring (bicyclic) bond motifs is 1. The van der Waals surface area contributed by atoms with Crippen molar-refractivity contribution in [2.24, 2.45) is 0 Å². The van der Waals surface area contributed by atoms with Gasteiger partial charge in [0.2, 0.25) is 0 Å². The first-order valence-corrected chi connectivity index (χ1v) is 8.20. The van der Waals surface area contributed by atoms with Crippen LogP contribution in [-0.2, 0) is 12.8 Å². The maximum atomic E-state index is 12.3. The standard InChI is InChI=1S/C15H11IN2OS/c16-12-6-2-1-4-10(12)14(19)18-15-11(8-17)9-5-3-7-13(9)20-15/h1-2,4,6H,3,5,7H2,(H,18,19). The Hall–Kier alpha value is -1.39. The third-order valence-corrected chi connectivity index (χ3v) is 5.53. The summed E-state index contributed by atoms with van der Waals surface area (Å²) in [6.45, 7) is 0. The van der Waals surface area contributed by atoms with Crippen molar-refractivity contribution < 1.29 is 4.79 Å². The summed E-state index contributed by atoms with van der Waals surface area (Å²) in [5, 5.41) is 12.9. The molecule has 1 aromatic heterocycles. The summed E-state index contributed by atoms with van der Waals surface area (Å²) in [6.07, 6.45) is 3.08. The van der Waals surface area contributed by atoms with E-state index in [1.165, 1.54) is 4.88 Å². The number of halogens is 1. The van der Waals surface area contributed by atoms with E-state index in [0.717, 1.165) is 28.4 Å². The number of carbonyl (C=O) groups is 1. The van der Waals surface area contributed by atoms with Crippen LogP contribution in [0.15, 0.2) is 24.3 Å². The molecule has 20 heavy (non-hydrogen) atoms. The fraction of sp³-hybridized carbons (Fsp3) is 0.200. The number of rotatable bonds is 2. The van der Waals surface area contributed by atoms with Crippen LogP contribution in [0.4, 0.5) is 5.00 Å². The number of anilines is 1. The summed E-state index contributed by atoms with van der Waals surface area (Å²) in [6, 6.07) is 9.68. The van der Waals surface area contributed by atoms with Crippen molar-refractivity contribution in [3.8, 4) is 6.07 Å². The van der Waals surface area contributed by atoms with Gasteiger partial charge in [-0.3, -0.25) is 4.79 Å². The Morgan fingerprint density at radius 2 is 2.15 bits per heavy atom. The van der Waals surface area contributed by atoms with Crippen LogP contribution in [0.25, 0.3) is 0 Å². The van der Waals surface area contributed by atoms with Crippen molar-refractivity contribution >= 4 is 44.8 Å². The van der Waals surface area contributed by atoms with Gasteiger partial charge in [0, 0.05) is 8.45 Å². The van der Waals surface area contributed by atoms with Gasteiger partial charge in [0.05, 0.1) is 11.1 Å². The summed E-state index contributed by atoms with van der Waals surface area (Å²) < 4.78 is 0.908. The zero-order valence-electron chi connectivity index (χ0n) is 10.6. The number of nitrogens with one attached hydrogen (secondary N) is 1. The highest BCUT2D eigenvalue weighted by molar-refractivity contribution is 14.1. The molecule has 0 saturated carbocycles. The lowest BCUT2D eigenvalue weighted by molar-refractivity contribution is 0.102. The number of nitriles is 1. The van der Waals surface area contributed by atoms with Gasteiger partial charge in [-0.2, -0.15) is 5.26 Å². The fourth-order valence-corrected chi connectivity index (χ4v) is 4.29. The second-order valence-corrected chi connectivity index (χ2v) is 6.87. The molecule has 0 saturated heterocycles. The van der Waals surface area contributed by atoms with E-state index in [2.05, 4.69) is 34.0 Å². The van der Waals surface area contributed by atoms with Crippen molar-refractivity contribution in [1.82, 2.24) is 0 Å². The van der Waals surface area contributed by atoms with E-state index in [1.54, 1.807) is 17.4 Å². The average molecular weight is 394 g/mol. The molecule has 0 radical (unpaired) electrons. The topological polar surface area (TPSA) is 52.9 Å². The largest absolute Gasteiger partial charge is 0.312 e. The average Bonchev–Trinajstić information content (AvgIpc) is 2.99. The normalized spacial score (nSPS) is 12.8. The number of nitrogens with zero attached hydrogens (tertiary/aromatic N) is 1. The maximum absolute atomic E-state index is 12.3. The molecule has 1 aliphatic carbocycles. The minimum absolute atomic E-state index is 0.147. The van der Waals surface area contributed by atoms with Crippen LogP contribution in [0, 0.1) is 14.9 Å². The van der Waals surface area contributed by atoms with E-state index in [4.69, 9.17) is 0 Å². The first kappa shape index (κ1) is 13.6. The van der Waals surface area contributed by atoms with Crippen molar-refractivity contribution in [1.29, 1.82) is 5.26 Å². The van der Waals surface area contributed by atoms with Crippen LogP contribution in [0.1, 0.15) is 32.8 Å². The van der Waals surface area contributed by atoms with Gasteiger partial charge in [0.15, 0.2) is 0 Å². The molecule has 0 spiro atoms. The first-order chi connectivity index (χ1) is 9.70. The number of aryl methyl sites for hydroxylation is 1. The molecule has 1 aromatic carbocycles. The number of hydrogen-bond donors (Lipinski definition) is 1. The molecular weight excluding hydrogens is 383 g/mol. The van der Waals surface area contributed by atoms with Gasteiger partial charge in [-0.05, 0) is 59.5 Å². The molecule has 1 N–H and O–H groups in total. The zero-order valence-corrected chi connectivity index (χ0v) is 13.5. The Kier molecular flexibility index (Phi) is 3.76. The predicted octanol–water partition coefficient (Wildman–Crippen LogP) is 3.97. The third-order valence-electron chi connectivity index (χ3n) is 3.38. The van der Waals surface area contributed by atoms with E-state index in [9.17, 15) is 10.1 Å². The Morgan fingerprint density at radius 1 is 1.35 bits per heavy atom. The number of carbonyl (C=O) groups excluding carboxylic acids is 1. The van der Waals surface area contributed by atoms with Gasteiger partial charge in [0.25, 0.3) is 5.91 Å². The lowest BCUT2D eigenvalue weighted by Gasteiger charge is -2.05. The summed E-state index contributed by atoms with van der Waals surface area (Å²) in [4.78, 5) is 13.6. The van der Waals surface area contributed by atoms with Crippen LogP contribution in [0.2, 0.25) is 0 Å². The van der Waals surface area contributed by atoms with Gasteiger partial charge >= 0.3 is 0 Å². The first-order valence-electron chi connectivity index (χ1n) is 6.31. The molecule has 3 nitrogen and oxygen atoms in total. The van der Waals surface area contributed by atoms with Crippen LogP contribution < -0.4 is 5.32 Å². The van der Waals surface area contributed by atoms with E-state index in [-0.39, 0.29) is 5.91 Å². The Bertz CT molecular complexity index is 730. The van der Waals surface area contributed by atoms with Gasteiger partial charge in [-0.25, -0.2) is 0 Å². The second-order valence-electron chi connectivity index (χ2n) is 4.61. The van der Waals surface area contributed by atoms with Crippen LogP contribution >= 0.6 is 33.9 Å². The van der Waals surface area contributed by atoms with Gasteiger partial charge in [-0.15, -0.1) is 11.3 Å². The molecule has 100 valence electrons. The Balaban J connectivity index is 1.91. The summed E-state index contributed by atoms with van der Waals surface area (Å²) in [5.41, 5.74) is 2.43. The van der Waals surface area contributed by atoms with Crippen LogP contribution in [0.3, 0.4) is 0 Å². The molecule has 3 rings (SSSR count). The summed E-state index contributed by atoms with van der Waals surface area (Å²) in [5.74, 6) is -0.147. The molecular formula is C15H11IN2OS. The van der Waals surface area contributed by atoms with E-state index in [1.807, 2.05) is 18.2 Å².